The fourth-order valence-electron chi connectivity index (χ4n) is 1.12. The number of para-hydroxylation sites is 1. The molecule has 0 amide bonds. The van der Waals surface area contributed by atoms with E-state index in [1.165, 1.54) is 0 Å². The summed E-state index contributed by atoms with van der Waals surface area (Å²) in [6.07, 6.45) is 0. The van der Waals surface area contributed by atoms with Crippen molar-refractivity contribution >= 4 is 0 Å². The second-order valence-electron chi connectivity index (χ2n) is 3.18. The predicted molar refractivity (Wildman–Crippen MR) is 106 cm³/mol. The average molecular weight is 373 g/mol. The van der Waals surface area contributed by atoms with E-state index in [0.29, 0.717) is 0 Å². The van der Waals surface area contributed by atoms with E-state index >= 15 is 0 Å². The number of benzene rings is 1. The number of hydrogen-bond donors (Lipinski definition) is 2. The summed E-state index contributed by atoms with van der Waals surface area (Å²) in [6.45, 7) is 3.66. The maximum atomic E-state index is 11.0. The summed E-state index contributed by atoms with van der Waals surface area (Å²) in [5, 5.41) is 25.0. The minimum Gasteiger partial charge on any atom is -0.872 e. The SMILES string of the molecule is CO.CO.Cc1cccc(C)c1[O-].[CH3-].[CH3-].[CH3-].[CH3-].[CH3-].[Ti].c1cc[cH-]c1. The van der Waals surface area contributed by atoms with Crippen molar-refractivity contribution < 1.29 is 37.0 Å². The summed E-state index contributed by atoms with van der Waals surface area (Å²) in [7, 11) is 2.00. The quantitative estimate of drug-likeness (QED) is 0.536. The van der Waals surface area contributed by atoms with Gasteiger partial charge < -0.3 is 52.5 Å². The van der Waals surface area contributed by atoms with Crippen LogP contribution in [-0.4, -0.2) is 24.4 Å². The van der Waals surface area contributed by atoms with Crippen LogP contribution in [0.15, 0.2) is 48.5 Å². The van der Waals surface area contributed by atoms with Gasteiger partial charge in [0.15, 0.2) is 0 Å². The van der Waals surface area contributed by atoms with Gasteiger partial charge in [0.2, 0.25) is 0 Å². The minimum absolute atomic E-state index is 0. The van der Waals surface area contributed by atoms with Crippen molar-refractivity contribution in [3.63, 3.8) is 0 Å². The Balaban J connectivity index is -0.0000000254. The molecule has 0 bridgehead atoms. The predicted octanol–water partition coefficient (Wildman–Crippen LogP) is 4.25. The first kappa shape index (κ1) is 49.5. The zero-order valence-corrected chi connectivity index (χ0v) is 18.5. The maximum Gasteiger partial charge on any atom is 0.0319 e. The van der Waals surface area contributed by atoms with Crippen molar-refractivity contribution in [1.29, 1.82) is 0 Å². The van der Waals surface area contributed by atoms with Crippen molar-refractivity contribution in [3.05, 3.63) is 96.8 Å². The summed E-state index contributed by atoms with van der Waals surface area (Å²) in [6, 6.07) is 15.6. The largest absolute Gasteiger partial charge is 0.872 e. The van der Waals surface area contributed by atoms with Gasteiger partial charge in [0, 0.05) is 35.9 Å². The van der Waals surface area contributed by atoms with Gasteiger partial charge in [-0.15, -0.1) is 5.75 Å². The zero-order valence-electron chi connectivity index (χ0n) is 16.9. The van der Waals surface area contributed by atoms with E-state index in [4.69, 9.17) is 10.2 Å². The number of aliphatic hydroxyl groups is 2. The van der Waals surface area contributed by atoms with Crippen LogP contribution in [-0.2, 0) is 21.7 Å². The van der Waals surface area contributed by atoms with Crippen LogP contribution in [0.4, 0.5) is 0 Å². The first-order chi connectivity index (χ1) is 8.72. The molecule has 2 rings (SSSR count). The Bertz CT molecular complexity index is 337. The summed E-state index contributed by atoms with van der Waals surface area (Å²) in [4.78, 5) is 0. The molecule has 0 radical (unpaired) electrons. The second-order valence-corrected chi connectivity index (χ2v) is 3.18. The smallest absolute Gasteiger partial charge is 0.0319 e. The Hall–Kier alpha value is -0.996. The number of rotatable bonds is 0. The molecule has 0 saturated carbocycles. The summed E-state index contributed by atoms with van der Waals surface area (Å²) in [5.41, 5.74) is 1.66. The van der Waals surface area contributed by atoms with Gasteiger partial charge in [-0.1, -0.05) is 29.3 Å². The van der Waals surface area contributed by atoms with E-state index in [1.807, 2.05) is 62.4 Å². The van der Waals surface area contributed by atoms with Crippen molar-refractivity contribution in [3.8, 4) is 5.75 Å². The molecule has 0 saturated heterocycles. The van der Waals surface area contributed by atoms with Crippen molar-refractivity contribution in [1.82, 2.24) is 0 Å². The molecule has 0 aromatic heterocycles. The molecule has 2 aromatic rings. The van der Waals surface area contributed by atoms with Gasteiger partial charge in [-0.25, -0.2) is 12.1 Å². The van der Waals surface area contributed by atoms with E-state index in [0.717, 1.165) is 25.3 Å². The minimum atomic E-state index is 0. The third-order valence-corrected chi connectivity index (χ3v) is 1.96. The molecule has 3 nitrogen and oxygen atoms in total. The van der Waals surface area contributed by atoms with Crippen molar-refractivity contribution in [2.45, 2.75) is 13.8 Å². The van der Waals surface area contributed by atoms with Gasteiger partial charge in [-0.05, 0) is 13.8 Å². The summed E-state index contributed by atoms with van der Waals surface area (Å²) in [5.74, 6) is 0.164. The van der Waals surface area contributed by atoms with E-state index < -0.39 is 0 Å². The molecule has 0 atom stereocenters. The van der Waals surface area contributed by atoms with Crippen LogP contribution in [0.25, 0.3) is 0 Å². The standard InChI is InChI=1S/C8H10O.C5H5.2CH4O.5CH3.Ti/c1-6-4-3-5-7(2)8(6)9;1-2-4-5-3-1;2*1-2;;;;;;/h3-5,9H,1-2H3;1-5H;2*2H,1H3;5*1H3;/q;-1;;;5*-1;/p-1. The second kappa shape index (κ2) is 37.9. The van der Waals surface area contributed by atoms with Crippen LogP contribution in [0.2, 0.25) is 0 Å². The first-order valence-electron chi connectivity index (χ1n) is 5.51. The molecule has 0 aliphatic heterocycles. The molecule has 0 aliphatic carbocycles. The van der Waals surface area contributed by atoms with Gasteiger partial charge in [0.1, 0.15) is 0 Å². The van der Waals surface area contributed by atoms with Gasteiger partial charge in [-0.3, -0.25) is 0 Å². The molecule has 4 heteroatoms. The van der Waals surface area contributed by atoms with Crippen LogP contribution in [0.5, 0.6) is 5.75 Å². The number of hydrogen-bond acceptors (Lipinski definition) is 3. The summed E-state index contributed by atoms with van der Waals surface area (Å²) >= 11 is 0. The Morgan fingerprint density at radius 2 is 1.00 bits per heavy atom. The molecular formula is C20H37O3Ti-7. The fourth-order valence-corrected chi connectivity index (χ4v) is 1.12. The van der Waals surface area contributed by atoms with E-state index in [9.17, 15) is 5.11 Å². The molecular weight excluding hydrogens is 336 g/mol. The Morgan fingerprint density at radius 3 is 1.17 bits per heavy atom. The van der Waals surface area contributed by atoms with Crippen molar-refractivity contribution in [2.75, 3.05) is 14.2 Å². The van der Waals surface area contributed by atoms with Crippen LogP contribution < -0.4 is 5.11 Å². The molecule has 0 aliphatic rings. The molecule has 0 spiro atoms. The molecule has 146 valence electrons. The van der Waals surface area contributed by atoms with Crippen molar-refractivity contribution in [2.24, 2.45) is 0 Å². The van der Waals surface area contributed by atoms with Gasteiger partial charge in [0.25, 0.3) is 0 Å². The van der Waals surface area contributed by atoms with E-state index in [2.05, 4.69) is 0 Å². The van der Waals surface area contributed by atoms with E-state index in [1.54, 1.807) is 0 Å². The average Bonchev–Trinajstić information content (AvgIpc) is 3.00. The van der Waals surface area contributed by atoms with Crippen LogP contribution >= 0.6 is 0 Å². The molecule has 0 fully saturated rings. The maximum absolute atomic E-state index is 11.0. The topological polar surface area (TPSA) is 63.5 Å². The van der Waals surface area contributed by atoms with Gasteiger partial charge >= 0.3 is 0 Å². The normalized spacial score (nSPS) is 5.75. The van der Waals surface area contributed by atoms with Crippen LogP contribution in [0, 0.1) is 51.0 Å². The Morgan fingerprint density at radius 1 is 0.708 bits per heavy atom. The third kappa shape index (κ3) is 25.9. The van der Waals surface area contributed by atoms with Gasteiger partial charge in [-0.2, -0.15) is 18.2 Å². The zero-order chi connectivity index (χ0) is 14.4. The third-order valence-electron chi connectivity index (χ3n) is 1.96. The molecule has 0 heterocycles. The molecule has 24 heavy (non-hydrogen) atoms. The van der Waals surface area contributed by atoms with E-state index in [-0.39, 0.29) is 64.6 Å². The van der Waals surface area contributed by atoms with Crippen LogP contribution in [0.3, 0.4) is 0 Å². The number of aryl methyl sites for hydroxylation is 2. The monoisotopic (exact) mass is 373 g/mol. The molecule has 2 aromatic carbocycles. The van der Waals surface area contributed by atoms with Crippen LogP contribution in [0.1, 0.15) is 11.1 Å². The van der Waals surface area contributed by atoms with Gasteiger partial charge in [0.05, 0.1) is 0 Å². The Labute approximate surface area is 167 Å². The molecule has 2 N–H and O–H groups in total. The first-order valence-corrected chi connectivity index (χ1v) is 5.51. The Kier molecular flexibility index (Phi) is 78.1. The summed E-state index contributed by atoms with van der Waals surface area (Å²) < 4.78 is 0. The fraction of sp³-hybridized carbons (Fsp3) is 0.200. The molecule has 0 unspecified atom stereocenters. The number of aliphatic hydroxyl groups excluding tert-OH is 2.